The summed E-state index contributed by atoms with van der Waals surface area (Å²) in [5.41, 5.74) is 4.34. The molecule has 1 aromatic heterocycles. The first-order valence-electron chi connectivity index (χ1n) is 8.98. The Bertz CT molecular complexity index is 1110. The Morgan fingerprint density at radius 3 is 2.41 bits per heavy atom. The van der Waals surface area contributed by atoms with Gasteiger partial charge >= 0.3 is 0 Å². The van der Waals surface area contributed by atoms with Gasteiger partial charge < -0.3 is 14.4 Å². The molecule has 0 bridgehead atoms. The number of amides is 1. The maximum absolute atomic E-state index is 13.4. The van der Waals surface area contributed by atoms with E-state index < -0.39 is 6.04 Å². The fraction of sp³-hybridized carbons (Fsp3) is 0.273. The number of aliphatic hydroxyl groups is 1. The molecule has 1 aliphatic heterocycles. The van der Waals surface area contributed by atoms with Gasteiger partial charge in [-0.1, -0.05) is 35.9 Å². The molecule has 0 radical (unpaired) electrons. The van der Waals surface area contributed by atoms with Gasteiger partial charge in [0, 0.05) is 6.54 Å². The topological polar surface area (TPSA) is 70.8 Å². The molecule has 138 valence electrons. The van der Waals surface area contributed by atoms with E-state index in [2.05, 4.69) is 0 Å². The van der Waals surface area contributed by atoms with Crippen LogP contribution in [-0.2, 0) is 0 Å². The number of nitrogens with zero attached hydrogens (tertiary/aromatic N) is 1. The van der Waals surface area contributed by atoms with Gasteiger partial charge in [-0.05, 0) is 43.5 Å². The quantitative estimate of drug-likeness (QED) is 0.775. The minimum Gasteiger partial charge on any atom is -0.450 e. The van der Waals surface area contributed by atoms with Crippen LogP contribution in [0.1, 0.15) is 44.4 Å². The van der Waals surface area contributed by atoms with Crippen molar-refractivity contribution >= 4 is 16.9 Å². The summed E-state index contributed by atoms with van der Waals surface area (Å²) in [6.45, 7) is 5.73. The number of hydrogen-bond acceptors (Lipinski definition) is 4. The Hall–Kier alpha value is -2.92. The highest BCUT2D eigenvalue weighted by molar-refractivity contribution is 5.99. The van der Waals surface area contributed by atoms with Crippen molar-refractivity contribution < 1.29 is 14.3 Å². The normalized spacial score (nSPS) is 16.2. The second kappa shape index (κ2) is 6.35. The number of benzene rings is 2. The Kier molecular flexibility index (Phi) is 4.12. The zero-order valence-electron chi connectivity index (χ0n) is 15.6. The average molecular weight is 363 g/mol. The molecule has 0 aliphatic carbocycles. The number of carbonyl (C=O) groups is 1. The summed E-state index contributed by atoms with van der Waals surface area (Å²) in [4.78, 5) is 27.9. The maximum Gasteiger partial charge on any atom is 0.290 e. The minimum absolute atomic E-state index is 0.0819. The third-order valence-corrected chi connectivity index (χ3v) is 5.13. The first-order valence-corrected chi connectivity index (χ1v) is 8.98. The number of rotatable bonds is 3. The second-order valence-electron chi connectivity index (χ2n) is 7.17. The summed E-state index contributed by atoms with van der Waals surface area (Å²) in [6, 6.07) is 10.9. The second-order valence-corrected chi connectivity index (χ2v) is 7.17. The first kappa shape index (κ1) is 17.5. The molecule has 3 aromatic rings. The van der Waals surface area contributed by atoms with Gasteiger partial charge in [0.15, 0.2) is 5.43 Å². The highest BCUT2D eigenvalue weighted by Crippen LogP contribution is 2.38. The lowest BCUT2D eigenvalue weighted by molar-refractivity contribution is 0.0691. The van der Waals surface area contributed by atoms with Crippen molar-refractivity contribution in [1.82, 2.24) is 4.90 Å². The smallest absolute Gasteiger partial charge is 0.290 e. The summed E-state index contributed by atoms with van der Waals surface area (Å²) in [7, 11) is 0. The van der Waals surface area contributed by atoms with E-state index in [9.17, 15) is 14.7 Å². The van der Waals surface area contributed by atoms with Crippen molar-refractivity contribution in [3.8, 4) is 0 Å². The molecule has 0 saturated heterocycles. The Morgan fingerprint density at radius 2 is 1.74 bits per heavy atom. The molecule has 1 N–H and O–H groups in total. The van der Waals surface area contributed by atoms with Gasteiger partial charge in [0.25, 0.3) is 5.91 Å². The van der Waals surface area contributed by atoms with Gasteiger partial charge in [-0.2, -0.15) is 0 Å². The first-order chi connectivity index (χ1) is 12.9. The van der Waals surface area contributed by atoms with Gasteiger partial charge in [-0.3, -0.25) is 9.59 Å². The number of carbonyl (C=O) groups excluding carboxylic acids is 1. The van der Waals surface area contributed by atoms with Crippen LogP contribution < -0.4 is 5.43 Å². The Balaban J connectivity index is 2.04. The summed E-state index contributed by atoms with van der Waals surface area (Å²) in [6.07, 6.45) is 0. The van der Waals surface area contributed by atoms with E-state index in [0.29, 0.717) is 16.5 Å². The molecule has 2 heterocycles. The van der Waals surface area contributed by atoms with Crippen molar-refractivity contribution in [2.75, 3.05) is 13.2 Å². The van der Waals surface area contributed by atoms with Crippen LogP contribution in [0.3, 0.4) is 0 Å². The molecule has 0 saturated carbocycles. The van der Waals surface area contributed by atoms with E-state index >= 15 is 0 Å². The van der Waals surface area contributed by atoms with E-state index in [1.807, 2.05) is 51.1 Å². The average Bonchev–Trinajstić information content (AvgIpc) is 2.90. The van der Waals surface area contributed by atoms with Crippen LogP contribution in [0, 0.1) is 20.8 Å². The molecule has 2 aromatic carbocycles. The van der Waals surface area contributed by atoms with E-state index in [1.54, 1.807) is 6.07 Å². The predicted molar refractivity (Wildman–Crippen MR) is 103 cm³/mol. The molecule has 5 heteroatoms. The monoisotopic (exact) mass is 363 g/mol. The molecule has 0 unspecified atom stereocenters. The van der Waals surface area contributed by atoms with Crippen LogP contribution in [0.15, 0.2) is 45.6 Å². The SMILES string of the molecule is Cc1ccc([C@H]2c3c(oc4c(C)cc(C)cc4c3=O)C(=O)N2CCO)cc1. The van der Waals surface area contributed by atoms with Crippen molar-refractivity contribution in [3.05, 3.63) is 80.2 Å². The number of fused-ring (bicyclic) bond motifs is 2. The Morgan fingerprint density at radius 1 is 1.04 bits per heavy atom. The standard InChI is InChI=1S/C22H21NO4/c1-12-4-6-15(7-5-12)18-17-19(25)16-11-13(2)10-14(3)20(16)27-21(17)22(26)23(18)8-9-24/h4-7,10-11,18,24H,8-9H2,1-3H3/t18-/m0/s1. The van der Waals surface area contributed by atoms with Crippen molar-refractivity contribution in [2.45, 2.75) is 26.8 Å². The summed E-state index contributed by atoms with van der Waals surface area (Å²) >= 11 is 0. The van der Waals surface area contributed by atoms with E-state index in [0.717, 1.165) is 22.3 Å². The van der Waals surface area contributed by atoms with E-state index in [4.69, 9.17) is 4.42 Å². The molecule has 1 amide bonds. The van der Waals surface area contributed by atoms with Gasteiger partial charge in [-0.15, -0.1) is 0 Å². The van der Waals surface area contributed by atoms with Crippen molar-refractivity contribution in [1.29, 1.82) is 0 Å². The van der Waals surface area contributed by atoms with Crippen LogP contribution in [-0.4, -0.2) is 29.1 Å². The van der Waals surface area contributed by atoms with Crippen molar-refractivity contribution in [3.63, 3.8) is 0 Å². The Labute approximate surface area is 156 Å². The fourth-order valence-corrected chi connectivity index (χ4v) is 3.91. The highest BCUT2D eigenvalue weighted by Gasteiger charge is 2.42. The zero-order chi connectivity index (χ0) is 19.3. The molecule has 0 spiro atoms. The molecule has 27 heavy (non-hydrogen) atoms. The molecule has 0 fully saturated rings. The van der Waals surface area contributed by atoms with Crippen LogP contribution in [0.25, 0.3) is 11.0 Å². The maximum atomic E-state index is 13.4. The van der Waals surface area contributed by atoms with Crippen LogP contribution in [0.4, 0.5) is 0 Å². The number of hydrogen-bond donors (Lipinski definition) is 1. The molecule has 1 aliphatic rings. The van der Waals surface area contributed by atoms with Gasteiger partial charge in [0.1, 0.15) is 5.58 Å². The third-order valence-electron chi connectivity index (χ3n) is 5.13. The highest BCUT2D eigenvalue weighted by atomic mass is 16.3. The van der Waals surface area contributed by atoms with Crippen LogP contribution in [0.5, 0.6) is 0 Å². The third kappa shape index (κ3) is 2.66. The van der Waals surface area contributed by atoms with Gasteiger partial charge in [0.2, 0.25) is 5.76 Å². The summed E-state index contributed by atoms with van der Waals surface area (Å²) < 4.78 is 5.96. The lowest BCUT2D eigenvalue weighted by Gasteiger charge is -2.24. The van der Waals surface area contributed by atoms with Crippen LogP contribution in [0.2, 0.25) is 0 Å². The molecular formula is C22H21NO4. The molecule has 1 atom stereocenters. The molecule has 5 nitrogen and oxygen atoms in total. The van der Waals surface area contributed by atoms with Crippen LogP contribution >= 0.6 is 0 Å². The van der Waals surface area contributed by atoms with Crippen molar-refractivity contribution in [2.24, 2.45) is 0 Å². The lowest BCUT2D eigenvalue weighted by atomic mass is 9.97. The van der Waals surface area contributed by atoms with E-state index in [-0.39, 0.29) is 30.2 Å². The lowest BCUT2D eigenvalue weighted by Crippen LogP contribution is -2.32. The number of aryl methyl sites for hydroxylation is 3. The van der Waals surface area contributed by atoms with E-state index in [1.165, 1.54) is 4.90 Å². The number of aliphatic hydroxyl groups excluding tert-OH is 1. The van der Waals surface area contributed by atoms with Gasteiger partial charge in [-0.25, -0.2) is 0 Å². The largest absolute Gasteiger partial charge is 0.450 e. The zero-order valence-corrected chi connectivity index (χ0v) is 15.6. The van der Waals surface area contributed by atoms with Gasteiger partial charge in [0.05, 0.1) is 23.6 Å². The predicted octanol–water partition coefficient (Wildman–Crippen LogP) is 3.26. The molecular weight excluding hydrogens is 342 g/mol. The summed E-state index contributed by atoms with van der Waals surface area (Å²) in [5, 5.41) is 9.96. The summed E-state index contributed by atoms with van der Waals surface area (Å²) in [5.74, 6) is -0.276. The fourth-order valence-electron chi connectivity index (χ4n) is 3.91. The number of β-amino-alcohol motifs (C(OH)–C–C–N with tert-alkyl or cyclic N) is 1. The minimum atomic E-state index is -0.554. The molecule has 4 rings (SSSR count).